The molecule has 0 saturated heterocycles. The van der Waals surface area contributed by atoms with Crippen LogP contribution in [0.4, 0.5) is 0 Å². The molecular formula is C16H22O2. The second-order valence-electron chi connectivity index (χ2n) is 5.43. The molecule has 0 spiro atoms. The largest absolute Gasteiger partial charge is 0.481 e. The standard InChI is InChI=1S/C16H22O2/c17-16(18)12-15-8-4-7-14(11-15)10-9-13-5-2-1-3-6-13/h4,7-8,11,13H,1-3,5-6,9-10,12H2,(H,17,18). The molecule has 2 rings (SSSR count). The molecule has 1 aromatic carbocycles. The number of carboxylic acids is 1. The maximum atomic E-state index is 10.7. The summed E-state index contributed by atoms with van der Waals surface area (Å²) in [6.07, 6.45) is 9.45. The number of rotatable bonds is 5. The Bertz CT molecular complexity index is 392. The minimum absolute atomic E-state index is 0.136. The number of aliphatic carboxylic acids is 1. The number of benzene rings is 1. The molecular weight excluding hydrogens is 224 g/mol. The van der Waals surface area contributed by atoms with E-state index in [-0.39, 0.29) is 6.42 Å². The Hall–Kier alpha value is -1.31. The molecule has 1 aliphatic carbocycles. The Morgan fingerprint density at radius 1 is 1.17 bits per heavy atom. The van der Waals surface area contributed by atoms with Gasteiger partial charge in [0.1, 0.15) is 0 Å². The van der Waals surface area contributed by atoms with E-state index in [0.29, 0.717) is 0 Å². The van der Waals surface area contributed by atoms with Crippen molar-refractivity contribution in [3.8, 4) is 0 Å². The summed E-state index contributed by atoms with van der Waals surface area (Å²) in [5.74, 6) is 0.140. The van der Waals surface area contributed by atoms with Crippen molar-refractivity contribution in [1.29, 1.82) is 0 Å². The van der Waals surface area contributed by atoms with Crippen molar-refractivity contribution < 1.29 is 9.90 Å². The van der Waals surface area contributed by atoms with Gasteiger partial charge in [-0.3, -0.25) is 4.79 Å². The molecule has 0 atom stereocenters. The number of hydrogen-bond donors (Lipinski definition) is 1. The van der Waals surface area contributed by atoms with Crippen molar-refractivity contribution in [2.45, 2.75) is 51.4 Å². The van der Waals surface area contributed by atoms with E-state index in [1.807, 2.05) is 12.1 Å². The van der Waals surface area contributed by atoms with Gasteiger partial charge in [-0.05, 0) is 29.9 Å². The molecule has 1 N–H and O–H groups in total. The average molecular weight is 246 g/mol. The summed E-state index contributed by atoms with van der Waals surface area (Å²) in [7, 11) is 0. The van der Waals surface area contributed by atoms with E-state index in [1.165, 1.54) is 44.1 Å². The van der Waals surface area contributed by atoms with Gasteiger partial charge >= 0.3 is 5.97 Å². The Kier molecular flexibility index (Phi) is 4.80. The summed E-state index contributed by atoms with van der Waals surface area (Å²) >= 11 is 0. The van der Waals surface area contributed by atoms with Gasteiger partial charge in [0, 0.05) is 0 Å². The van der Waals surface area contributed by atoms with E-state index >= 15 is 0 Å². The van der Waals surface area contributed by atoms with Crippen LogP contribution in [0.3, 0.4) is 0 Å². The molecule has 0 unspecified atom stereocenters. The van der Waals surface area contributed by atoms with Gasteiger partial charge in [0.05, 0.1) is 6.42 Å². The molecule has 98 valence electrons. The normalized spacial score (nSPS) is 16.7. The first kappa shape index (κ1) is 13.1. The molecule has 2 heteroatoms. The van der Waals surface area contributed by atoms with Crippen LogP contribution in [-0.4, -0.2) is 11.1 Å². The Labute approximate surface area is 109 Å². The summed E-state index contributed by atoms with van der Waals surface area (Å²) < 4.78 is 0. The van der Waals surface area contributed by atoms with Gasteiger partial charge in [0.15, 0.2) is 0 Å². The van der Waals surface area contributed by atoms with Gasteiger partial charge in [0.25, 0.3) is 0 Å². The first-order valence-electron chi connectivity index (χ1n) is 7.03. The second kappa shape index (κ2) is 6.58. The third-order valence-electron chi connectivity index (χ3n) is 3.91. The predicted molar refractivity (Wildman–Crippen MR) is 72.7 cm³/mol. The third-order valence-corrected chi connectivity index (χ3v) is 3.91. The van der Waals surface area contributed by atoms with Crippen LogP contribution < -0.4 is 0 Å². The molecule has 1 saturated carbocycles. The summed E-state index contributed by atoms with van der Waals surface area (Å²) in [5.41, 5.74) is 2.21. The van der Waals surface area contributed by atoms with Gasteiger partial charge in [0.2, 0.25) is 0 Å². The average Bonchev–Trinajstić information content (AvgIpc) is 2.37. The summed E-state index contributed by atoms with van der Waals surface area (Å²) in [6, 6.07) is 8.05. The Morgan fingerprint density at radius 3 is 2.61 bits per heavy atom. The zero-order valence-electron chi connectivity index (χ0n) is 10.9. The van der Waals surface area contributed by atoms with Crippen LogP contribution >= 0.6 is 0 Å². The third kappa shape index (κ3) is 4.17. The van der Waals surface area contributed by atoms with Gasteiger partial charge in [-0.2, -0.15) is 0 Å². The molecule has 1 aromatic rings. The summed E-state index contributed by atoms with van der Waals surface area (Å²) in [4.78, 5) is 10.7. The highest BCUT2D eigenvalue weighted by Crippen LogP contribution is 2.27. The molecule has 1 fully saturated rings. The lowest BCUT2D eigenvalue weighted by Crippen LogP contribution is -2.07. The van der Waals surface area contributed by atoms with Crippen LogP contribution in [0.2, 0.25) is 0 Å². The van der Waals surface area contributed by atoms with Crippen LogP contribution in [0.15, 0.2) is 24.3 Å². The smallest absolute Gasteiger partial charge is 0.307 e. The minimum atomic E-state index is -0.751. The molecule has 0 amide bonds. The van der Waals surface area contributed by atoms with Gasteiger partial charge in [-0.25, -0.2) is 0 Å². The van der Waals surface area contributed by atoms with Crippen LogP contribution in [-0.2, 0) is 17.6 Å². The molecule has 18 heavy (non-hydrogen) atoms. The summed E-state index contributed by atoms with van der Waals surface area (Å²) in [5, 5.41) is 8.79. The van der Waals surface area contributed by atoms with Crippen molar-refractivity contribution >= 4 is 5.97 Å². The van der Waals surface area contributed by atoms with Crippen molar-refractivity contribution in [3.05, 3.63) is 35.4 Å². The number of carbonyl (C=O) groups is 1. The lowest BCUT2D eigenvalue weighted by Gasteiger charge is -2.21. The second-order valence-corrected chi connectivity index (χ2v) is 5.43. The minimum Gasteiger partial charge on any atom is -0.481 e. The topological polar surface area (TPSA) is 37.3 Å². The van der Waals surface area contributed by atoms with Crippen molar-refractivity contribution in [3.63, 3.8) is 0 Å². The van der Waals surface area contributed by atoms with E-state index in [1.54, 1.807) is 0 Å². The quantitative estimate of drug-likeness (QED) is 0.857. The fourth-order valence-corrected chi connectivity index (χ4v) is 2.92. The molecule has 0 aliphatic heterocycles. The zero-order valence-corrected chi connectivity index (χ0v) is 10.9. The van der Waals surface area contributed by atoms with Crippen LogP contribution in [0.5, 0.6) is 0 Å². The maximum absolute atomic E-state index is 10.7. The number of carboxylic acid groups (broad SMARTS) is 1. The monoisotopic (exact) mass is 246 g/mol. The van der Waals surface area contributed by atoms with Gasteiger partial charge < -0.3 is 5.11 Å². The van der Waals surface area contributed by atoms with Crippen molar-refractivity contribution in [2.75, 3.05) is 0 Å². The van der Waals surface area contributed by atoms with Crippen LogP contribution in [0.25, 0.3) is 0 Å². The Morgan fingerprint density at radius 2 is 1.89 bits per heavy atom. The van der Waals surface area contributed by atoms with E-state index in [2.05, 4.69) is 12.1 Å². The lowest BCUT2D eigenvalue weighted by molar-refractivity contribution is -0.136. The molecule has 0 radical (unpaired) electrons. The molecule has 0 heterocycles. The zero-order chi connectivity index (χ0) is 12.8. The van der Waals surface area contributed by atoms with E-state index in [4.69, 9.17) is 5.11 Å². The number of hydrogen-bond acceptors (Lipinski definition) is 1. The molecule has 2 nitrogen and oxygen atoms in total. The SMILES string of the molecule is O=C(O)Cc1cccc(CCC2CCCCC2)c1. The maximum Gasteiger partial charge on any atom is 0.307 e. The van der Waals surface area contributed by atoms with E-state index < -0.39 is 5.97 Å². The predicted octanol–water partition coefficient (Wildman–Crippen LogP) is 3.83. The van der Waals surface area contributed by atoms with Crippen molar-refractivity contribution in [1.82, 2.24) is 0 Å². The van der Waals surface area contributed by atoms with Crippen molar-refractivity contribution in [2.24, 2.45) is 5.92 Å². The first-order valence-corrected chi connectivity index (χ1v) is 7.03. The molecule has 0 aromatic heterocycles. The highest BCUT2D eigenvalue weighted by Gasteiger charge is 2.13. The number of aryl methyl sites for hydroxylation is 1. The molecule has 1 aliphatic rings. The van der Waals surface area contributed by atoms with Gasteiger partial charge in [-0.15, -0.1) is 0 Å². The fourth-order valence-electron chi connectivity index (χ4n) is 2.92. The first-order chi connectivity index (χ1) is 8.74. The lowest BCUT2D eigenvalue weighted by atomic mass is 9.85. The summed E-state index contributed by atoms with van der Waals surface area (Å²) in [6.45, 7) is 0. The van der Waals surface area contributed by atoms with E-state index in [9.17, 15) is 4.79 Å². The molecule has 0 bridgehead atoms. The fraction of sp³-hybridized carbons (Fsp3) is 0.562. The van der Waals surface area contributed by atoms with Crippen LogP contribution in [0, 0.1) is 5.92 Å². The van der Waals surface area contributed by atoms with Crippen LogP contribution in [0.1, 0.15) is 49.7 Å². The highest BCUT2D eigenvalue weighted by molar-refractivity contribution is 5.70. The highest BCUT2D eigenvalue weighted by atomic mass is 16.4. The van der Waals surface area contributed by atoms with Gasteiger partial charge in [-0.1, -0.05) is 56.4 Å². The Balaban J connectivity index is 1.86. The van der Waals surface area contributed by atoms with E-state index in [0.717, 1.165) is 17.9 Å².